The molecule has 2 atom stereocenters. The van der Waals surface area contributed by atoms with E-state index in [1.54, 1.807) is 10.4 Å². The lowest BCUT2D eigenvalue weighted by Crippen LogP contribution is -2.49. The van der Waals surface area contributed by atoms with Crippen LogP contribution in [-0.4, -0.2) is 25.3 Å². The maximum atomic E-state index is 13.0. The number of thiophene rings is 1. The second kappa shape index (κ2) is 5.75. The molecule has 4 nitrogen and oxygen atoms in total. The summed E-state index contributed by atoms with van der Waals surface area (Å²) in [5.41, 5.74) is 5.68. The highest BCUT2D eigenvalue weighted by atomic mass is 32.2. The number of nitrogens with zero attached hydrogens (tertiary/aromatic N) is 1. The van der Waals surface area contributed by atoms with Gasteiger partial charge in [-0.05, 0) is 43.0 Å². The van der Waals surface area contributed by atoms with Gasteiger partial charge >= 0.3 is 0 Å². The zero-order valence-electron chi connectivity index (χ0n) is 11.6. The molecule has 2 fully saturated rings. The lowest BCUT2D eigenvalue weighted by atomic mass is 9.79. The van der Waals surface area contributed by atoms with Gasteiger partial charge in [0.2, 0.25) is 10.0 Å². The molecule has 2 aliphatic rings. The van der Waals surface area contributed by atoms with E-state index >= 15 is 0 Å². The number of hydrogen-bond donors (Lipinski definition) is 1. The molecule has 1 aromatic heterocycles. The number of sulfonamides is 1. The normalized spacial score (nSPS) is 28.2. The predicted octanol–water partition coefficient (Wildman–Crippen LogP) is 2.55. The second-order valence-electron chi connectivity index (χ2n) is 5.78. The Morgan fingerprint density at radius 1 is 1.25 bits per heavy atom. The van der Waals surface area contributed by atoms with Crippen molar-refractivity contribution >= 4 is 21.4 Å². The third kappa shape index (κ3) is 2.43. The SMILES string of the molecule is NCc1sccc1S(=O)(=O)N1CCC[C@H]2CCCC[C@H]21. The molecule has 20 heavy (non-hydrogen) atoms. The summed E-state index contributed by atoms with van der Waals surface area (Å²) in [7, 11) is -3.37. The van der Waals surface area contributed by atoms with Crippen molar-refractivity contribution in [2.45, 2.75) is 56.0 Å². The summed E-state index contributed by atoms with van der Waals surface area (Å²) in [5, 5.41) is 1.83. The summed E-state index contributed by atoms with van der Waals surface area (Å²) < 4.78 is 27.7. The van der Waals surface area contributed by atoms with Crippen LogP contribution < -0.4 is 5.73 Å². The first kappa shape index (κ1) is 14.5. The van der Waals surface area contributed by atoms with Gasteiger partial charge in [-0.25, -0.2) is 8.42 Å². The standard InChI is InChI=1S/C14H22N2O2S2/c15-10-13-14(7-9-19-13)20(17,18)16-8-3-5-11-4-1-2-6-12(11)16/h7,9,11-12H,1-6,8,10,15H2/t11-,12-/m1/s1. The zero-order chi connectivity index (χ0) is 14.2. The molecule has 1 saturated heterocycles. The van der Waals surface area contributed by atoms with Gasteiger partial charge in [0, 0.05) is 24.0 Å². The van der Waals surface area contributed by atoms with E-state index in [0.29, 0.717) is 23.9 Å². The highest BCUT2D eigenvalue weighted by molar-refractivity contribution is 7.89. The minimum Gasteiger partial charge on any atom is -0.326 e. The van der Waals surface area contributed by atoms with E-state index in [9.17, 15) is 8.42 Å². The Kier molecular flexibility index (Phi) is 4.17. The van der Waals surface area contributed by atoms with Crippen molar-refractivity contribution in [2.24, 2.45) is 11.7 Å². The van der Waals surface area contributed by atoms with Gasteiger partial charge in [-0.3, -0.25) is 0 Å². The van der Waals surface area contributed by atoms with Crippen LogP contribution in [0.5, 0.6) is 0 Å². The van der Waals surface area contributed by atoms with Gasteiger partial charge in [0.15, 0.2) is 0 Å². The lowest BCUT2D eigenvalue weighted by Gasteiger charge is -2.43. The highest BCUT2D eigenvalue weighted by Gasteiger charge is 2.40. The molecule has 0 aromatic carbocycles. The summed E-state index contributed by atoms with van der Waals surface area (Å²) >= 11 is 1.44. The molecule has 2 heterocycles. The molecular weight excluding hydrogens is 292 g/mol. The minimum atomic E-state index is -3.37. The van der Waals surface area contributed by atoms with Crippen LogP contribution in [0.3, 0.4) is 0 Å². The fourth-order valence-corrected chi connectivity index (χ4v) is 6.77. The van der Waals surface area contributed by atoms with Crippen LogP contribution >= 0.6 is 11.3 Å². The van der Waals surface area contributed by atoms with Gasteiger partial charge in [0.25, 0.3) is 0 Å². The molecule has 2 N–H and O–H groups in total. The molecule has 1 aliphatic carbocycles. The molecule has 1 aliphatic heterocycles. The summed E-state index contributed by atoms with van der Waals surface area (Å²) in [6.45, 7) is 0.970. The fraction of sp³-hybridized carbons (Fsp3) is 0.714. The van der Waals surface area contributed by atoms with Crippen molar-refractivity contribution in [2.75, 3.05) is 6.54 Å². The van der Waals surface area contributed by atoms with Gasteiger partial charge in [-0.1, -0.05) is 12.8 Å². The van der Waals surface area contributed by atoms with Gasteiger partial charge in [-0.2, -0.15) is 4.31 Å². The zero-order valence-corrected chi connectivity index (χ0v) is 13.3. The molecule has 0 spiro atoms. The van der Waals surface area contributed by atoms with Crippen molar-refractivity contribution in [3.05, 3.63) is 16.3 Å². The second-order valence-corrected chi connectivity index (χ2v) is 8.64. The monoisotopic (exact) mass is 314 g/mol. The summed E-state index contributed by atoms with van der Waals surface area (Å²) in [4.78, 5) is 1.22. The van der Waals surface area contributed by atoms with Crippen LogP contribution in [-0.2, 0) is 16.6 Å². The van der Waals surface area contributed by atoms with Crippen LogP contribution in [0.4, 0.5) is 0 Å². The number of rotatable bonds is 3. The van der Waals surface area contributed by atoms with Gasteiger partial charge in [0.1, 0.15) is 0 Å². The smallest absolute Gasteiger partial charge is 0.244 e. The van der Waals surface area contributed by atoms with Crippen molar-refractivity contribution in [1.29, 1.82) is 0 Å². The summed E-state index contributed by atoms with van der Waals surface area (Å²) in [6.07, 6.45) is 6.78. The Morgan fingerprint density at radius 2 is 2.00 bits per heavy atom. The van der Waals surface area contributed by atoms with Crippen molar-refractivity contribution < 1.29 is 8.42 Å². The van der Waals surface area contributed by atoms with E-state index in [1.807, 2.05) is 5.38 Å². The molecule has 112 valence electrons. The van der Waals surface area contributed by atoms with E-state index in [-0.39, 0.29) is 6.04 Å². The van der Waals surface area contributed by atoms with Crippen molar-refractivity contribution in [3.63, 3.8) is 0 Å². The number of nitrogens with two attached hydrogens (primary N) is 1. The molecule has 3 rings (SSSR count). The largest absolute Gasteiger partial charge is 0.326 e. The highest BCUT2D eigenvalue weighted by Crippen LogP contribution is 2.38. The molecule has 0 unspecified atom stereocenters. The Balaban J connectivity index is 1.93. The molecule has 6 heteroatoms. The molecular formula is C14H22N2O2S2. The van der Waals surface area contributed by atoms with E-state index in [0.717, 1.165) is 24.1 Å². The molecule has 0 bridgehead atoms. The molecule has 1 saturated carbocycles. The van der Waals surface area contributed by atoms with Crippen LogP contribution in [0.25, 0.3) is 0 Å². The van der Waals surface area contributed by atoms with Gasteiger partial charge < -0.3 is 5.73 Å². The van der Waals surface area contributed by atoms with E-state index in [4.69, 9.17) is 5.73 Å². The molecule has 0 radical (unpaired) electrons. The van der Waals surface area contributed by atoms with Gasteiger partial charge in [0.05, 0.1) is 4.90 Å². The minimum absolute atomic E-state index is 0.216. The first-order valence-electron chi connectivity index (χ1n) is 7.43. The Bertz CT molecular complexity index is 565. The van der Waals surface area contributed by atoms with Crippen molar-refractivity contribution in [3.8, 4) is 0 Å². The molecule has 1 aromatic rings. The topological polar surface area (TPSA) is 63.4 Å². The summed E-state index contributed by atoms with van der Waals surface area (Å²) in [6, 6.07) is 1.93. The Hall–Kier alpha value is -0.430. The maximum absolute atomic E-state index is 13.0. The number of hydrogen-bond acceptors (Lipinski definition) is 4. The average molecular weight is 314 g/mol. The van der Waals surface area contributed by atoms with Crippen LogP contribution in [0.1, 0.15) is 43.4 Å². The first-order valence-corrected chi connectivity index (χ1v) is 9.75. The van der Waals surface area contributed by atoms with E-state index < -0.39 is 10.0 Å². The van der Waals surface area contributed by atoms with Crippen molar-refractivity contribution in [1.82, 2.24) is 4.31 Å². The Morgan fingerprint density at radius 3 is 2.80 bits per heavy atom. The third-order valence-electron chi connectivity index (χ3n) is 4.67. The van der Waals surface area contributed by atoms with E-state index in [2.05, 4.69) is 0 Å². The summed E-state index contributed by atoms with van der Waals surface area (Å²) in [5.74, 6) is 0.562. The quantitative estimate of drug-likeness (QED) is 0.932. The van der Waals surface area contributed by atoms with Crippen LogP contribution in [0.2, 0.25) is 0 Å². The van der Waals surface area contributed by atoms with Crippen LogP contribution in [0.15, 0.2) is 16.3 Å². The average Bonchev–Trinajstić information content (AvgIpc) is 2.96. The van der Waals surface area contributed by atoms with Crippen LogP contribution in [0, 0.1) is 5.92 Å². The maximum Gasteiger partial charge on any atom is 0.244 e. The molecule has 0 amide bonds. The third-order valence-corrected chi connectivity index (χ3v) is 7.75. The van der Waals surface area contributed by atoms with E-state index in [1.165, 1.54) is 30.6 Å². The lowest BCUT2D eigenvalue weighted by molar-refractivity contribution is 0.129. The first-order chi connectivity index (χ1) is 9.64. The number of fused-ring (bicyclic) bond motifs is 1. The predicted molar refractivity (Wildman–Crippen MR) is 81.1 cm³/mol. The fourth-order valence-electron chi connectivity index (χ4n) is 3.71. The Labute approximate surface area is 125 Å². The number of piperidine rings is 1. The van der Waals surface area contributed by atoms with Gasteiger partial charge in [-0.15, -0.1) is 11.3 Å².